The summed E-state index contributed by atoms with van der Waals surface area (Å²) in [7, 11) is 0. The van der Waals surface area contributed by atoms with E-state index in [9.17, 15) is 0 Å². The molecule has 1 aliphatic rings. The molecule has 14 heavy (non-hydrogen) atoms. The number of benzene rings is 1. The predicted octanol–water partition coefficient (Wildman–Crippen LogP) is 1.58. The third-order valence-electron chi connectivity index (χ3n) is 2.32. The SMILES string of the molecule is NC1CNNC1c1cc(Br)ccc1Cl. The van der Waals surface area contributed by atoms with Crippen molar-refractivity contribution in [1.82, 2.24) is 10.9 Å². The van der Waals surface area contributed by atoms with Gasteiger partial charge in [0.2, 0.25) is 0 Å². The van der Waals surface area contributed by atoms with Gasteiger partial charge in [-0.3, -0.25) is 5.43 Å². The molecule has 0 radical (unpaired) electrons. The normalized spacial score (nSPS) is 26.8. The van der Waals surface area contributed by atoms with Crippen molar-refractivity contribution >= 4 is 27.5 Å². The van der Waals surface area contributed by atoms with Crippen molar-refractivity contribution in [2.75, 3.05) is 6.54 Å². The Labute approximate surface area is 96.1 Å². The van der Waals surface area contributed by atoms with Crippen molar-refractivity contribution in [3.63, 3.8) is 0 Å². The van der Waals surface area contributed by atoms with E-state index in [1.165, 1.54) is 0 Å². The fourth-order valence-corrected chi connectivity index (χ4v) is 2.19. The van der Waals surface area contributed by atoms with Crippen LogP contribution < -0.4 is 16.6 Å². The van der Waals surface area contributed by atoms with Crippen LogP contribution in [-0.4, -0.2) is 12.6 Å². The number of rotatable bonds is 1. The molecule has 0 bridgehead atoms. The molecule has 4 N–H and O–H groups in total. The Kier molecular flexibility index (Phi) is 3.09. The molecular formula is C9H11BrClN3. The second-order valence-electron chi connectivity index (χ2n) is 3.33. The Balaban J connectivity index is 2.34. The summed E-state index contributed by atoms with van der Waals surface area (Å²) < 4.78 is 1.01. The predicted molar refractivity (Wildman–Crippen MR) is 61.0 cm³/mol. The zero-order chi connectivity index (χ0) is 10.1. The summed E-state index contributed by atoms with van der Waals surface area (Å²) in [5, 5.41) is 0.741. The minimum absolute atomic E-state index is 0.0572. The van der Waals surface area contributed by atoms with Crippen molar-refractivity contribution in [2.45, 2.75) is 12.1 Å². The zero-order valence-electron chi connectivity index (χ0n) is 7.43. The van der Waals surface area contributed by atoms with Crippen LogP contribution in [0.3, 0.4) is 0 Å². The number of nitrogens with one attached hydrogen (secondary N) is 2. The summed E-state index contributed by atoms with van der Waals surface area (Å²) in [5.41, 5.74) is 13.1. The van der Waals surface area contributed by atoms with Gasteiger partial charge in [0.15, 0.2) is 0 Å². The Bertz CT molecular complexity index is 345. The molecule has 0 aliphatic carbocycles. The molecule has 76 valence electrons. The molecule has 2 atom stereocenters. The second-order valence-corrected chi connectivity index (χ2v) is 4.66. The van der Waals surface area contributed by atoms with Gasteiger partial charge in [0.25, 0.3) is 0 Å². The zero-order valence-corrected chi connectivity index (χ0v) is 9.77. The average Bonchev–Trinajstić information content (AvgIpc) is 2.56. The van der Waals surface area contributed by atoms with Gasteiger partial charge >= 0.3 is 0 Å². The van der Waals surface area contributed by atoms with Gasteiger partial charge in [-0.25, -0.2) is 5.43 Å². The topological polar surface area (TPSA) is 50.1 Å². The monoisotopic (exact) mass is 275 g/mol. The molecule has 0 saturated carbocycles. The minimum atomic E-state index is 0.0572. The van der Waals surface area contributed by atoms with Crippen LogP contribution >= 0.6 is 27.5 Å². The van der Waals surface area contributed by atoms with E-state index in [-0.39, 0.29) is 12.1 Å². The fraction of sp³-hybridized carbons (Fsp3) is 0.333. The van der Waals surface area contributed by atoms with Crippen LogP contribution in [-0.2, 0) is 0 Å². The molecule has 3 nitrogen and oxygen atoms in total. The first kappa shape index (κ1) is 10.4. The number of hydrogen-bond donors (Lipinski definition) is 3. The molecule has 0 spiro atoms. The Morgan fingerprint density at radius 3 is 2.93 bits per heavy atom. The molecule has 5 heteroatoms. The highest BCUT2D eigenvalue weighted by Crippen LogP contribution is 2.28. The van der Waals surface area contributed by atoms with E-state index in [0.29, 0.717) is 0 Å². The van der Waals surface area contributed by atoms with Gasteiger partial charge in [0.05, 0.1) is 6.04 Å². The maximum Gasteiger partial charge on any atom is 0.0641 e. The summed E-state index contributed by atoms with van der Waals surface area (Å²) in [4.78, 5) is 0. The highest BCUT2D eigenvalue weighted by atomic mass is 79.9. The highest BCUT2D eigenvalue weighted by Gasteiger charge is 2.26. The maximum atomic E-state index is 6.10. The van der Waals surface area contributed by atoms with Crippen LogP contribution in [0, 0.1) is 0 Å². The molecule has 0 amide bonds. The molecule has 1 aromatic carbocycles. The van der Waals surface area contributed by atoms with Crippen molar-refractivity contribution in [1.29, 1.82) is 0 Å². The van der Waals surface area contributed by atoms with Gasteiger partial charge in [-0.15, -0.1) is 0 Å². The van der Waals surface area contributed by atoms with Gasteiger partial charge < -0.3 is 5.73 Å². The summed E-state index contributed by atoms with van der Waals surface area (Å²) >= 11 is 9.51. The average molecular weight is 277 g/mol. The summed E-state index contributed by atoms with van der Waals surface area (Å²) in [5.74, 6) is 0. The largest absolute Gasteiger partial charge is 0.325 e. The summed E-state index contributed by atoms with van der Waals surface area (Å²) in [6.45, 7) is 0.757. The quantitative estimate of drug-likeness (QED) is 0.730. The third-order valence-corrected chi connectivity index (χ3v) is 3.15. The molecule has 1 heterocycles. The lowest BCUT2D eigenvalue weighted by atomic mass is 10.0. The lowest BCUT2D eigenvalue weighted by Crippen LogP contribution is -2.30. The van der Waals surface area contributed by atoms with E-state index < -0.39 is 0 Å². The van der Waals surface area contributed by atoms with Crippen LogP contribution in [0.15, 0.2) is 22.7 Å². The molecule has 2 rings (SSSR count). The lowest BCUT2D eigenvalue weighted by molar-refractivity contribution is 0.551. The molecule has 2 unspecified atom stereocenters. The van der Waals surface area contributed by atoms with Gasteiger partial charge in [0.1, 0.15) is 0 Å². The second kappa shape index (κ2) is 4.16. The van der Waals surface area contributed by atoms with Crippen LogP contribution in [0.2, 0.25) is 5.02 Å². The molecule has 1 fully saturated rings. The van der Waals surface area contributed by atoms with E-state index in [1.807, 2.05) is 18.2 Å². The van der Waals surface area contributed by atoms with Crippen molar-refractivity contribution in [3.05, 3.63) is 33.3 Å². The Hall–Kier alpha value is -0.130. The number of nitrogens with two attached hydrogens (primary N) is 1. The van der Waals surface area contributed by atoms with E-state index >= 15 is 0 Å². The number of hydrogen-bond acceptors (Lipinski definition) is 3. The van der Waals surface area contributed by atoms with Gasteiger partial charge in [-0.1, -0.05) is 27.5 Å². The first-order valence-electron chi connectivity index (χ1n) is 4.37. The molecular weight excluding hydrogens is 265 g/mol. The standard InChI is InChI=1S/C9H11BrClN3/c10-5-1-2-7(11)6(3-5)9-8(12)4-13-14-9/h1-3,8-9,13-14H,4,12H2. The number of hydrazine groups is 1. The maximum absolute atomic E-state index is 6.10. The highest BCUT2D eigenvalue weighted by molar-refractivity contribution is 9.10. The number of halogens is 2. The van der Waals surface area contributed by atoms with E-state index in [1.54, 1.807) is 0 Å². The van der Waals surface area contributed by atoms with Crippen LogP contribution in [0.4, 0.5) is 0 Å². The fourth-order valence-electron chi connectivity index (χ4n) is 1.57. The smallest absolute Gasteiger partial charge is 0.0641 e. The first-order valence-corrected chi connectivity index (χ1v) is 5.54. The molecule has 1 aromatic rings. The summed E-state index contributed by atoms with van der Waals surface area (Å²) in [6, 6.07) is 5.92. The Morgan fingerprint density at radius 2 is 2.29 bits per heavy atom. The molecule has 1 aliphatic heterocycles. The molecule has 0 aromatic heterocycles. The van der Waals surface area contributed by atoms with E-state index in [2.05, 4.69) is 26.8 Å². The third kappa shape index (κ3) is 1.94. The van der Waals surface area contributed by atoms with Crippen LogP contribution in [0.1, 0.15) is 11.6 Å². The van der Waals surface area contributed by atoms with Crippen molar-refractivity contribution in [3.8, 4) is 0 Å². The van der Waals surface area contributed by atoms with Gasteiger partial charge in [0, 0.05) is 22.1 Å². The Morgan fingerprint density at radius 1 is 1.50 bits per heavy atom. The van der Waals surface area contributed by atoms with E-state index in [0.717, 1.165) is 21.6 Å². The van der Waals surface area contributed by atoms with Crippen molar-refractivity contribution < 1.29 is 0 Å². The van der Waals surface area contributed by atoms with Gasteiger partial charge in [-0.05, 0) is 23.8 Å². The summed E-state index contributed by atoms with van der Waals surface area (Å²) in [6.07, 6.45) is 0. The van der Waals surface area contributed by atoms with Gasteiger partial charge in [-0.2, -0.15) is 0 Å². The van der Waals surface area contributed by atoms with Crippen LogP contribution in [0.5, 0.6) is 0 Å². The minimum Gasteiger partial charge on any atom is -0.325 e. The van der Waals surface area contributed by atoms with Crippen LogP contribution in [0.25, 0.3) is 0 Å². The van der Waals surface area contributed by atoms with Crippen molar-refractivity contribution in [2.24, 2.45) is 5.73 Å². The lowest BCUT2D eigenvalue weighted by Gasteiger charge is -2.16. The molecule has 1 saturated heterocycles. The van der Waals surface area contributed by atoms with E-state index in [4.69, 9.17) is 17.3 Å². The first-order chi connectivity index (χ1) is 6.68.